The molecular weight excluding hydrogens is 228 g/mol. The van der Waals surface area contributed by atoms with E-state index in [1.54, 1.807) is 7.11 Å². The number of aryl methyl sites for hydroxylation is 2. The van der Waals surface area contributed by atoms with Gasteiger partial charge in [-0.2, -0.15) is 0 Å². The average Bonchev–Trinajstić information content (AvgIpc) is 2.31. The number of carbonyl (C=O) groups excluding carboxylic acids is 1. The maximum Gasteiger partial charge on any atom is 0.244 e. The first-order valence-electron chi connectivity index (χ1n) is 6.22. The molecule has 4 nitrogen and oxygen atoms in total. The highest BCUT2D eigenvalue weighted by atomic mass is 16.5. The maximum atomic E-state index is 12.1. The quantitative estimate of drug-likeness (QED) is 0.486. The van der Waals surface area contributed by atoms with Crippen molar-refractivity contribution in [3.8, 4) is 5.75 Å². The molecule has 1 aliphatic carbocycles. The minimum absolute atomic E-state index is 0.115. The summed E-state index contributed by atoms with van der Waals surface area (Å²) in [6.45, 7) is 4.09. The lowest BCUT2D eigenvalue weighted by molar-refractivity contribution is -0.130. The first kappa shape index (κ1) is 12.9. The molecule has 0 spiro atoms. The molecule has 0 bridgehead atoms. The summed E-state index contributed by atoms with van der Waals surface area (Å²) in [5, 5.41) is 0. The molecule has 1 amide bonds. The van der Waals surface area contributed by atoms with Crippen molar-refractivity contribution < 1.29 is 9.53 Å². The molecule has 0 saturated heterocycles. The number of hydrogen-bond donors (Lipinski definition) is 2. The summed E-state index contributed by atoms with van der Waals surface area (Å²) in [4.78, 5) is 12.1. The van der Waals surface area contributed by atoms with Crippen molar-refractivity contribution in [2.24, 2.45) is 5.84 Å². The molecule has 3 N–H and O–H groups in total. The van der Waals surface area contributed by atoms with Crippen molar-refractivity contribution >= 4 is 5.91 Å². The predicted molar refractivity (Wildman–Crippen MR) is 70.3 cm³/mol. The van der Waals surface area contributed by atoms with Gasteiger partial charge in [-0.1, -0.05) is 12.5 Å². The van der Waals surface area contributed by atoms with Crippen LogP contribution in [0.25, 0.3) is 0 Å². The van der Waals surface area contributed by atoms with E-state index in [1.165, 1.54) is 11.1 Å². The normalized spacial score (nSPS) is 16.9. The van der Waals surface area contributed by atoms with Gasteiger partial charge in [0.2, 0.25) is 5.91 Å². The summed E-state index contributed by atoms with van der Waals surface area (Å²) in [6, 6.07) is 4.05. The number of hydrogen-bond acceptors (Lipinski definition) is 3. The number of hydrazine groups is 1. The highest BCUT2D eigenvalue weighted by Crippen LogP contribution is 2.47. The molecule has 0 radical (unpaired) electrons. The van der Waals surface area contributed by atoms with Crippen molar-refractivity contribution in [2.45, 2.75) is 38.5 Å². The second-order valence-corrected chi connectivity index (χ2v) is 5.05. The zero-order valence-electron chi connectivity index (χ0n) is 11.2. The van der Waals surface area contributed by atoms with Gasteiger partial charge in [0.05, 0.1) is 12.5 Å². The molecular formula is C14H20N2O2. The second-order valence-electron chi connectivity index (χ2n) is 5.05. The zero-order valence-corrected chi connectivity index (χ0v) is 11.2. The van der Waals surface area contributed by atoms with E-state index in [9.17, 15) is 4.79 Å². The monoisotopic (exact) mass is 248 g/mol. The Hall–Kier alpha value is -1.55. The Bertz CT molecular complexity index is 479. The third kappa shape index (κ3) is 1.77. The van der Waals surface area contributed by atoms with Crippen LogP contribution in [0.2, 0.25) is 0 Å². The van der Waals surface area contributed by atoms with Crippen LogP contribution in [0.3, 0.4) is 0 Å². The third-order valence-corrected chi connectivity index (χ3v) is 4.10. The number of carbonyl (C=O) groups is 1. The van der Waals surface area contributed by atoms with Crippen LogP contribution in [0.15, 0.2) is 12.1 Å². The van der Waals surface area contributed by atoms with E-state index in [1.807, 2.05) is 19.9 Å². The van der Waals surface area contributed by atoms with Gasteiger partial charge in [0.1, 0.15) is 5.75 Å². The lowest BCUT2D eigenvalue weighted by Gasteiger charge is -2.41. The van der Waals surface area contributed by atoms with Crippen LogP contribution in [0.4, 0.5) is 0 Å². The standard InChI is InChI=1S/C14H20N2O2/c1-9-7-11(12(18-3)8-10(9)2)14(5-4-6-14)13(17)16-15/h7-8H,4-6,15H2,1-3H3,(H,16,17). The molecule has 0 heterocycles. The van der Waals surface area contributed by atoms with Gasteiger partial charge in [-0.25, -0.2) is 5.84 Å². The Morgan fingerprint density at radius 3 is 2.39 bits per heavy atom. The molecule has 1 fully saturated rings. The summed E-state index contributed by atoms with van der Waals surface area (Å²) < 4.78 is 5.44. The number of nitrogens with one attached hydrogen (secondary N) is 1. The van der Waals surface area contributed by atoms with Crippen LogP contribution >= 0.6 is 0 Å². The van der Waals surface area contributed by atoms with Crippen molar-refractivity contribution in [1.29, 1.82) is 0 Å². The molecule has 4 heteroatoms. The van der Waals surface area contributed by atoms with Gasteiger partial charge in [-0.05, 0) is 43.9 Å². The summed E-state index contributed by atoms with van der Waals surface area (Å²) in [7, 11) is 1.64. The summed E-state index contributed by atoms with van der Waals surface area (Å²) >= 11 is 0. The molecule has 0 aliphatic heterocycles. The van der Waals surface area contributed by atoms with E-state index in [4.69, 9.17) is 10.6 Å². The minimum Gasteiger partial charge on any atom is -0.496 e. The Morgan fingerprint density at radius 1 is 1.33 bits per heavy atom. The van der Waals surface area contributed by atoms with Crippen LogP contribution in [0, 0.1) is 13.8 Å². The van der Waals surface area contributed by atoms with E-state index >= 15 is 0 Å². The van der Waals surface area contributed by atoms with Gasteiger partial charge >= 0.3 is 0 Å². The number of rotatable bonds is 3. The van der Waals surface area contributed by atoms with Crippen molar-refractivity contribution in [1.82, 2.24) is 5.43 Å². The molecule has 1 aliphatic rings. The number of methoxy groups -OCH3 is 1. The Balaban J connectivity index is 2.55. The van der Waals surface area contributed by atoms with E-state index < -0.39 is 5.41 Å². The van der Waals surface area contributed by atoms with Crippen LogP contribution in [0.1, 0.15) is 36.0 Å². The summed E-state index contributed by atoms with van der Waals surface area (Å²) in [5.74, 6) is 5.99. The highest BCUT2D eigenvalue weighted by Gasteiger charge is 2.47. The van der Waals surface area contributed by atoms with E-state index in [2.05, 4.69) is 11.5 Å². The van der Waals surface area contributed by atoms with Crippen LogP contribution in [-0.4, -0.2) is 13.0 Å². The predicted octanol–water partition coefficient (Wildman–Crippen LogP) is 1.72. The van der Waals surface area contributed by atoms with Crippen molar-refractivity contribution in [3.05, 3.63) is 28.8 Å². The van der Waals surface area contributed by atoms with Gasteiger partial charge < -0.3 is 4.74 Å². The molecule has 0 aromatic heterocycles. The molecule has 0 atom stereocenters. The Morgan fingerprint density at radius 2 is 1.94 bits per heavy atom. The first-order valence-corrected chi connectivity index (χ1v) is 6.22. The third-order valence-electron chi connectivity index (χ3n) is 4.10. The Kier molecular flexibility index (Phi) is 3.30. The molecule has 18 heavy (non-hydrogen) atoms. The maximum absolute atomic E-state index is 12.1. The SMILES string of the molecule is COc1cc(C)c(C)cc1C1(C(=O)NN)CCC1. The summed E-state index contributed by atoms with van der Waals surface area (Å²) in [6.07, 6.45) is 2.70. The fraction of sp³-hybridized carbons (Fsp3) is 0.500. The fourth-order valence-electron chi connectivity index (χ4n) is 2.62. The second kappa shape index (κ2) is 4.61. The lowest BCUT2D eigenvalue weighted by atomic mass is 9.63. The number of amides is 1. The lowest BCUT2D eigenvalue weighted by Crippen LogP contribution is -2.51. The van der Waals surface area contributed by atoms with Gasteiger partial charge in [0.25, 0.3) is 0 Å². The summed E-state index contributed by atoms with van der Waals surface area (Å²) in [5.41, 5.74) is 5.09. The first-order chi connectivity index (χ1) is 8.55. The molecule has 0 unspecified atom stereocenters. The largest absolute Gasteiger partial charge is 0.496 e. The fourth-order valence-corrected chi connectivity index (χ4v) is 2.62. The van der Waals surface area contributed by atoms with Crippen LogP contribution < -0.4 is 16.0 Å². The van der Waals surface area contributed by atoms with E-state index in [0.29, 0.717) is 0 Å². The van der Waals surface area contributed by atoms with Crippen molar-refractivity contribution in [3.63, 3.8) is 0 Å². The Labute approximate surface area is 107 Å². The molecule has 1 aromatic carbocycles. The van der Waals surface area contributed by atoms with Gasteiger partial charge in [0, 0.05) is 5.56 Å². The minimum atomic E-state index is -0.501. The highest BCUT2D eigenvalue weighted by molar-refractivity contribution is 5.89. The van der Waals surface area contributed by atoms with Gasteiger partial charge in [-0.3, -0.25) is 10.2 Å². The zero-order chi connectivity index (χ0) is 13.3. The average molecular weight is 248 g/mol. The molecule has 1 saturated carbocycles. The van der Waals surface area contributed by atoms with Crippen molar-refractivity contribution in [2.75, 3.05) is 7.11 Å². The van der Waals surface area contributed by atoms with Gasteiger partial charge in [0.15, 0.2) is 0 Å². The number of ether oxygens (including phenoxy) is 1. The van der Waals surface area contributed by atoms with E-state index in [0.717, 1.165) is 30.6 Å². The topological polar surface area (TPSA) is 64.3 Å². The van der Waals surface area contributed by atoms with Gasteiger partial charge in [-0.15, -0.1) is 0 Å². The molecule has 98 valence electrons. The molecule has 2 rings (SSSR count). The van der Waals surface area contributed by atoms with E-state index in [-0.39, 0.29) is 5.91 Å². The smallest absolute Gasteiger partial charge is 0.244 e. The van der Waals surface area contributed by atoms with Crippen LogP contribution in [0.5, 0.6) is 5.75 Å². The van der Waals surface area contributed by atoms with Crippen LogP contribution in [-0.2, 0) is 10.2 Å². The molecule has 1 aromatic rings. The number of nitrogens with two attached hydrogens (primary N) is 1. The number of benzene rings is 1.